The minimum Gasteiger partial charge on any atom is -0.477 e. The van der Waals surface area contributed by atoms with Crippen molar-refractivity contribution in [2.45, 2.75) is 23.2 Å². The van der Waals surface area contributed by atoms with E-state index in [1.54, 1.807) is 18.2 Å². The summed E-state index contributed by atoms with van der Waals surface area (Å²) in [6.45, 7) is 1.02. The first kappa shape index (κ1) is 22.8. The second-order valence-electron chi connectivity index (χ2n) is 6.36. The number of amides is 2. The molecule has 2 heterocycles. The predicted octanol–water partition coefficient (Wildman–Crippen LogP) is 2.39. The molecule has 1 aromatic carbocycles. The second-order valence-corrected chi connectivity index (χ2v) is 9.32. The summed E-state index contributed by atoms with van der Waals surface area (Å²) in [5, 5.41) is 12.6. The van der Waals surface area contributed by atoms with Crippen LogP contribution in [0.25, 0.3) is 0 Å². The Labute approximate surface area is 190 Å². The van der Waals surface area contributed by atoms with E-state index in [-0.39, 0.29) is 29.7 Å². The molecular formula is C18H16Cl2N2O6S2. The van der Waals surface area contributed by atoms with Crippen molar-refractivity contribution in [2.75, 3.05) is 18.1 Å². The van der Waals surface area contributed by atoms with E-state index in [1.165, 1.54) is 30.4 Å². The van der Waals surface area contributed by atoms with Gasteiger partial charge in [-0.3, -0.25) is 19.3 Å². The van der Waals surface area contributed by atoms with Crippen molar-refractivity contribution in [1.82, 2.24) is 10.2 Å². The monoisotopic (exact) mass is 490 g/mol. The van der Waals surface area contributed by atoms with E-state index in [2.05, 4.69) is 5.32 Å². The lowest BCUT2D eigenvalue weighted by Gasteiger charge is -2.49. The van der Waals surface area contributed by atoms with Crippen LogP contribution in [0.4, 0.5) is 0 Å². The smallest absolute Gasteiger partial charge is 0.352 e. The largest absolute Gasteiger partial charge is 0.477 e. The minimum absolute atomic E-state index is 0.0144. The van der Waals surface area contributed by atoms with Crippen molar-refractivity contribution in [2.24, 2.45) is 0 Å². The number of aliphatic carboxylic acids is 1. The topological polar surface area (TPSA) is 113 Å². The average Bonchev–Trinajstić information content (AvgIpc) is 2.70. The number of carbonyl (C=O) groups excluding carboxylic acids is 3. The average molecular weight is 491 g/mol. The van der Waals surface area contributed by atoms with Crippen LogP contribution in [-0.2, 0) is 23.9 Å². The lowest BCUT2D eigenvalue weighted by molar-refractivity contribution is -0.150. The van der Waals surface area contributed by atoms with Gasteiger partial charge >= 0.3 is 11.9 Å². The fourth-order valence-corrected chi connectivity index (χ4v) is 5.56. The molecule has 2 amide bonds. The number of hydrogen-bond donors (Lipinski definition) is 2. The fraction of sp³-hybridized carbons (Fsp3) is 0.333. The van der Waals surface area contributed by atoms with Crippen LogP contribution in [0.15, 0.2) is 34.4 Å². The van der Waals surface area contributed by atoms with Crippen molar-refractivity contribution in [3.63, 3.8) is 0 Å². The Bertz CT molecular complexity index is 955. The van der Waals surface area contributed by atoms with Crippen LogP contribution in [0.2, 0.25) is 10.0 Å². The van der Waals surface area contributed by atoms with Crippen LogP contribution in [-0.4, -0.2) is 63.3 Å². The first-order chi connectivity index (χ1) is 14.2. The number of fused-ring (bicyclic) bond motifs is 1. The number of nitrogens with one attached hydrogen (secondary N) is 1. The number of carbonyl (C=O) groups is 4. The van der Waals surface area contributed by atoms with E-state index >= 15 is 0 Å². The van der Waals surface area contributed by atoms with Crippen molar-refractivity contribution in [1.29, 1.82) is 0 Å². The summed E-state index contributed by atoms with van der Waals surface area (Å²) in [5.74, 6) is -2.46. The third-order valence-corrected chi connectivity index (χ3v) is 7.34. The summed E-state index contributed by atoms with van der Waals surface area (Å²) in [6.07, 6.45) is 0. The zero-order valence-corrected chi connectivity index (χ0v) is 18.7. The highest BCUT2D eigenvalue weighted by Crippen LogP contribution is 2.40. The Kier molecular flexibility index (Phi) is 7.22. The van der Waals surface area contributed by atoms with Crippen molar-refractivity contribution < 1.29 is 29.0 Å². The predicted molar refractivity (Wildman–Crippen MR) is 114 cm³/mol. The number of benzene rings is 1. The highest BCUT2D eigenvalue weighted by molar-refractivity contribution is 8.00. The van der Waals surface area contributed by atoms with Crippen molar-refractivity contribution >= 4 is 70.5 Å². The number of carboxylic acid groups (broad SMARTS) is 1. The van der Waals surface area contributed by atoms with Gasteiger partial charge in [-0.25, -0.2) is 4.79 Å². The van der Waals surface area contributed by atoms with Gasteiger partial charge in [-0.2, -0.15) is 0 Å². The molecular weight excluding hydrogens is 475 g/mol. The maximum atomic E-state index is 12.6. The van der Waals surface area contributed by atoms with E-state index in [1.807, 2.05) is 0 Å². The molecule has 2 atom stereocenters. The number of hydrogen-bond acceptors (Lipinski definition) is 7. The summed E-state index contributed by atoms with van der Waals surface area (Å²) >= 11 is 14.5. The summed E-state index contributed by atoms with van der Waals surface area (Å²) in [4.78, 5) is 49.3. The summed E-state index contributed by atoms with van der Waals surface area (Å²) in [6, 6.07) is 4.08. The summed E-state index contributed by atoms with van der Waals surface area (Å²) in [5.41, 5.74) is 0.138. The standard InChI is InChI=1S/C18H16Cl2N2O6S2/c1-8(23)28-5-9-6-30-17-14(16(25)22(17)15(9)18(26)27)21-13(24)7-29-12-4-10(19)2-3-11(12)20/h2-4,14,17H,5-7H2,1H3,(H,21,24)(H,26,27)/t14?,17-/m1/s1. The highest BCUT2D eigenvalue weighted by atomic mass is 35.5. The van der Waals surface area contributed by atoms with Gasteiger partial charge in [0.15, 0.2) is 0 Å². The SMILES string of the molecule is CC(=O)OCC1=C(C(=O)O)N2C(=O)C(NC(=O)CSc3cc(Cl)ccc3Cl)[C@H]2SC1. The first-order valence-corrected chi connectivity index (χ1v) is 11.4. The number of halogens is 2. The summed E-state index contributed by atoms with van der Waals surface area (Å²) in [7, 11) is 0. The zero-order valence-electron chi connectivity index (χ0n) is 15.5. The molecule has 30 heavy (non-hydrogen) atoms. The van der Waals surface area contributed by atoms with E-state index in [4.69, 9.17) is 27.9 Å². The Morgan fingerprint density at radius 3 is 2.77 bits per heavy atom. The zero-order chi connectivity index (χ0) is 22.0. The van der Waals surface area contributed by atoms with E-state index < -0.39 is 29.3 Å². The molecule has 2 aliphatic heterocycles. The Balaban J connectivity index is 1.63. The van der Waals surface area contributed by atoms with E-state index in [0.29, 0.717) is 20.5 Å². The van der Waals surface area contributed by atoms with Crippen LogP contribution in [0.1, 0.15) is 6.92 Å². The second kappa shape index (κ2) is 9.51. The summed E-state index contributed by atoms with van der Waals surface area (Å²) < 4.78 is 4.88. The molecule has 0 aliphatic carbocycles. The number of rotatable bonds is 7. The van der Waals surface area contributed by atoms with Crippen molar-refractivity contribution in [3.8, 4) is 0 Å². The Morgan fingerprint density at radius 1 is 1.37 bits per heavy atom. The molecule has 8 nitrogen and oxygen atoms in total. The number of nitrogens with zero attached hydrogens (tertiary/aromatic N) is 1. The molecule has 0 bridgehead atoms. The molecule has 12 heteroatoms. The first-order valence-electron chi connectivity index (χ1n) is 8.59. The Morgan fingerprint density at radius 2 is 2.10 bits per heavy atom. The molecule has 0 saturated carbocycles. The fourth-order valence-electron chi connectivity index (χ4n) is 2.93. The van der Waals surface area contributed by atoms with Gasteiger partial charge in [0.1, 0.15) is 23.7 Å². The van der Waals surface area contributed by atoms with Gasteiger partial charge in [0.2, 0.25) is 5.91 Å². The van der Waals surface area contributed by atoms with Crippen LogP contribution in [0, 0.1) is 0 Å². The molecule has 1 unspecified atom stereocenters. The molecule has 0 radical (unpaired) electrons. The van der Waals surface area contributed by atoms with E-state index in [9.17, 15) is 24.3 Å². The van der Waals surface area contributed by atoms with Crippen LogP contribution in [0.5, 0.6) is 0 Å². The minimum atomic E-state index is -1.29. The van der Waals surface area contributed by atoms with Crippen LogP contribution >= 0.6 is 46.7 Å². The normalized spacial score (nSPS) is 20.4. The van der Waals surface area contributed by atoms with Gasteiger partial charge in [-0.05, 0) is 18.2 Å². The van der Waals surface area contributed by atoms with Crippen molar-refractivity contribution in [3.05, 3.63) is 39.5 Å². The molecule has 160 valence electrons. The van der Waals surface area contributed by atoms with Gasteiger partial charge in [0.25, 0.3) is 5.91 Å². The molecule has 1 fully saturated rings. The third kappa shape index (κ3) is 4.88. The lowest BCUT2D eigenvalue weighted by atomic mass is 10.0. The Hall–Kier alpha value is -1.88. The van der Waals surface area contributed by atoms with Gasteiger partial charge in [-0.1, -0.05) is 23.2 Å². The lowest BCUT2D eigenvalue weighted by Crippen LogP contribution is -2.70. The van der Waals surface area contributed by atoms with Gasteiger partial charge in [0, 0.05) is 28.2 Å². The van der Waals surface area contributed by atoms with Gasteiger partial charge in [0.05, 0.1) is 10.8 Å². The molecule has 1 aromatic rings. The maximum Gasteiger partial charge on any atom is 0.352 e. The molecule has 0 spiro atoms. The molecule has 0 aromatic heterocycles. The van der Waals surface area contributed by atoms with Crippen LogP contribution < -0.4 is 5.32 Å². The van der Waals surface area contributed by atoms with Gasteiger partial charge < -0.3 is 15.2 Å². The quantitative estimate of drug-likeness (QED) is 0.340. The number of esters is 1. The molecule has 1 saturated heterocycles. The number of thioether (sulfide) groups is 2. The van der Waals surface area contributed by atoms with Gasteiger partial charge in [-0.15, -0.1) is 23.5 Å². The number of carboxylic acids is 1. The molecule has 3 rings (SSSR count). The molecule has 2 aliphatic rings. The molecule has 2 N–H and O–H groups in total. The highest BCUT2D eigenvalue weighted by Gasteiger charge is 2.54. The van der Waals surface area contributed by atoms with E-state index in [0.717, 1.165) is 4.90 Å². The third-order valence-electron chi connectivity index (χ3n) is 4.27. The van der Waals surface area contributed by atoms with Crippen LogP contribution in [0.3, 0.4) is 0 Å². The number of β-lactam (4-membered cyclic amide) rings is 1. The maximum absolute atomic E-state index is 12.6. The number of ether oxygens (including phenoxy) is 1.